The molecule has 62 valence electrons. The fraction of sp³-hybridized carbons (Fsp3) is 0.600. The van der Waals surface area contributed by atoms with Crippen LogP contribution in [0.5, 0.6) is 0 Å². The van der Waals surface area contributed by atoms with Crippen molar-refractivity contribution in [3.63, 3.8) is 0 Å². The molecule has 0 saturated carbocycles. The van der Waals surface area contributed by atoms with Crippen molar-refractivity contribution in [3.8, 4) is 0 Å². The Labute approximate surface area is 89.7 Å². The zero-order chi connectivity index (χ0) is 8.20. The monoisotopic (exact) mass is 190 g/mol. The van der Waals surface area contributed by atoms with Crippen LogP contribution in [0.15, 0.2) is 11.6 Å². The summed E-state index contributed by atoms with van der Waals surface area (Å²) in [5.41, 5.74) is 0.795. The maximum absolute atomic E-state index is 10.1. The Hall–Kier alpha value is 0.850. The van der Waals surface area contributed by atoms with E-state index in [0.29, 0.717) is 0 Å². The van der Waals surface area contributed by atoms with Crippen molar-refractivity contribution < 1.29 is 49.9 Å². The van der Waals surface area contributed by atoms with Crippen LogP contribution in [0, 0.1) is 0 Å². The Morgan fingerprint density at radius 2 is 2.18 bits per heavy atom. The predicted octanol–water partition coefficient (Wildman–Crippen LogP) is -1.82. The van der Waals surface area contributed by atoms with Crippen LogP contribution < -0.4 is 29.6 Å². The van der Waals surface area contributed by atoms with Crippen LogP contribution in [-0.2, 0) is 9.09 Å². The van der Waals surface area contributed by atoms with Gasteiger partial charge in [0.05, 0.1) is 6.61 Å². The molecule has 11 heavy (non-hydrogen) atoms. The molecule has 0 aliphatic heterocycles. The normalized spacial score (nSPS) is 12.5. The summed E-state index contributed by atoms with van der Waals surface area (Å²) in [6, 6.07) is 0. The average molecular weight is 190 g/mol. The Balaban J connectivity index is -0.000000405. The van der Waals surface area contributed by atoms with E-state index >= 15 is 0 Å². The van der Waals surface area contributed by atoms with Crippen LogP contribution in [0.4, 0.5) is 0 Å². The summed E-state index contributed by atoms with van der Waals surface area (Å²) in [5, 5.41) is 0. The van der Waals surface area contributed by atoms with Crippen molar-refractivity contribution in [3.05, 3.63) is 11.6 Å². The van der Waals surface area contributed by atoms with Crippen LogP contribution in [0.25, 0.3) is 0 Å². The smallest absolute Gasteiger partial charge is 1.00 e. The molecule has 6 heteroatoms. The van der Waals surface area contributed by atoms with E-state index in [2.05, 4.69) is 4.52 Å². The first kappa shape index (κ1) is 14.4. The topological polar surface area (TPSA) is 66.8 Å². The summed E-state index contributed by atoms with van der Waals surface area (Å²) in [4.78, 5) is 16.4. The molecule has 0 unspecified atom stereocenters. The first-order chi connectivity index (χ1) is 4.45. The van der Waals surface area contributed by atoms with E-state index in [1.165, 1.54) is 0 Å². The SMILES string of the molecule is CC=C(C)COP(=O)(O)O.[H-].[Na+]. The number of rotatable bonds is 3. The van der Waals surface area contributed by atoms with E-state index in [-0.39, 0.29) is 37.6 Å². The third-order valence-corrected chi connectivity index (χ3v) is 1.42. The van der Waals surface area contributed by atoms with Gasteiger partial charge in [0.2, 0.25) is 0 Å². The summed E-state index contributed by atoms with van der Waals surface area (Å²) in [6.45, 7) is 3.49. The van der Waals surface area contributed by atoms with Gasteiger partial charge >= 0.3 is 37.4 Å². The summed E-state index contributed by atoms with van der Waals surface area (Å²) >= 11 is 0. The third kappa shape index (κ3) is 10.8. The Bertz CT molecular complexity index is 178. The minimum atomic E-state index is -4.27. The third-order valence-electron chi connectivity index (χ3n) is 0.953. The fourth-order valence-electron chi connectivity index (χ4n) is 0.269. The molecular formula is C5H12NaO4P. The number of hydrogen-bond donors (Lipinski definition) is 2. The minimum Gasteiger partial charge on any atom is -1.00 e. The van der Waals surface area contributed by atoms with Crippen molar-refractivity contribution >= 4 is 7.82 Å². The maximum atomic E-state index is 10.1. The van der Waals surface area contributed by atoms with Gasteiger partial charge in [0.15, 0.2) is 0 Å². The largest absolute Gasteiger partial charge is 1.00 e. The molecule has 0 bridgehead atoms. The van der Waals surface area contributed by atoms with Crippen LogP contribution in [-0.4, -0.2) is 16.4 Å². The molecule has 0 radical (unpaired) electrons. The van der Waals surface area contributed by atoms with Gasteiger partial charge in [0.1, 0.15) is 0 Å². The molecule has 0 aliphatic carbocycles. The summed E-state index contributed by atoms with van der Waals surface area (Å²) < 4.78 is 14.3. The molecule has 4 nitrogen and oxygen atoms in total. The standard InChI is InChI=1S/C5H11O4P.Na.H/c1-3-5(2)4-9-10(6,7)8;;/h3H,4H2,1-2H3,(H2,6,7,8);;/q;+1;-1. The van der Waals surface area contributed by atoms with Gasteiger partial charge in [-0.15, -0.1) is 0 Å². The van der Waals surface area contributed by atoms with E-state index in [1.54, 1.807) is 19.9 Å². The zero-order valence-corrected chi connectivity index (χ0v) is 9.84. The number of allylic oxidation sites excluding steroid dienone is 1. The Morgan fingerprint density at radius 1 is 1.73 bits per heavy atom. The van der Waals surface area contributed by atoms with E-state index in [0.717, 1.165) is 5.57 Å². The maximum Gasteiger partial charge on any atom is 1.00 e. The molecule has 0 fully saturated rings. The molecule has 0 saturated heterocycles. The molecule has 0 aromatic rings. The van der Waals surface area contributed by atoms with E-state index in [1.807, 2.05) is 0 Å². The Morgan fingerprint density at radius 3 is 2.45 bits per heavy atom. The second-order valence-corrected chi connectivity index (χ2v) is 3.14. The van der Waals surface area contributed by atoms with Crippen molar-refractivity contribution in [2.75, 3.05) is 6.61 Å². The predicted molar refractivity (Wildman–Crippen MR) is 38.5 cm³/mol. The molecule has 0 heterocycles. The summed E-state index contributed by atoms with van der Waals surface area (Å²) in [5.74, 6) is 0. The zero-order valence-electron chi connectivity index (χ0n) is 7.94. The minimum absolute atomic E-state index is 0. The molecule has 0 rings (SSSR count). The van der Waals surface area contributed by atoms with Crippen molar-refractivity contribution in [1.29, 1.82) is 0 Å². The average Bonchev–Trinajstić information content (AvgIpc) is 1.81. The molecule has 2 N–H and O–H groups in total. The number of phosphoric ester groups is 1. The van der Waals surface area contributed by atoms with Crippen molar-refractivity contribution in [1.82, 2.24) is 0 Å². The van der Waals surface area contributed by atoms with Crippen LogP contribution >= 0.6 is 7.82 Å². The van der Waals surface area contributed by atoms with Crippen molar-refractivity contribution in [2.45, 2.75) is 13.8 Å². The van der Waals surface area contributed by atoms with Gasteiger partial charge < -0.3 is 11.2 Å². The van der Waals surface area contributed by atoms with E-state index < -0.39 is 7.82 Å². The fourth-order valence-corrected chi connectivity index (χ4v) is 0.641. The van der Waals surface area contributed by atoms with Crippen molar-refractivity contribution in [2.24, 2.45) is 0 Å². The van der Waals surface area contributed by atoms with Crippen LogP contribution in [0.2, 0.25) is 0 Å². The summed E-state index contributed by atoms with van der Waals surface area (Å²) in [7, 11) is -4.27. The van der Waals surface area contributed by atoms with E-state index in [4.69, 9.17) is 9.79 Å². The first-order valence-corrected chi connectivity index (χ1v) is 4.30. The quantitative estimate of drug-likeness (QED) is 0.312. The van der Waals surface area contributed by atoms with Gasteiger partial charge in [-0.2, -0.15) is 0 Å². The van der Waals surface area contributed by atoms with Crippen LogP contribution in [0.3, 0.4) is 0 Å². The molecule has 0 aliphatic rings. The molecule has 0 aromatic carbocycles. The molecule has 0 spiro atoms. The van der Waals surface area contributed by atoms with E-state index in [9.17, 15) is 4.57 Å². The van der Waals surface area contributed by atoms with Crippen LogP contribution in [0.1, 0.15) is 15.3 Å². The van der Waals surface area contributed by atoms with Gasteiger partial charge in [-0.1, -0.05) is 11.6 Å². The second kappa shape index (κ2) is 6.38. The van der Waals surface area contributed by atoms with Gasteiger partial charge in [-0.25, -0.2) is 4.57 Å². The molecule has 0 aromatic heterocycles. The second-order valence-electron chi connectivity index (χ2n) is 1.90. The molecule has 0 atom stereocenters. The van der Waals surface area contributed by atoms with Gasteiger partial charge in [0, 0.05) is 0 Å². The first-order valence-electron chi connectivity index (χ1n) is 2.77. The van der Waals surface area contributed by atoms with Gasteiger partial charge in [-0.3, -0.25) is 4.52 Å². The summed E-state index contributed by atoms with van der Waals surface area (Å²) in [6.07, 6.45) is 1.73. The van der Waals surface area contributed by atoms with Gasteiger partial charge in [-0.05, 0) is 13.8 Å². The Kier molecular flexibility index (Phi) is 8.33. The molecule has 0 amide bonds. The molecular weight excluding hydrogens is 178 g/mol. The number of phosphoric acid groups is 1. The number of hydrogen-bond acceptors (Lipinski definition) is 2. The van der Waals surface area contributed by atoms with Gasteiger partial charge in [0.25, 0.3) is 0 Å².